The Balaban J connectivity index is 1.40. The van der Waals surface area contributed by atoms with Gasteiger partial charge in [-0.2, -0.15) is 0 Å². The van der Waals surface area contributed by atoms with E-state index in [1.807, 2.05) is 13.0 Å². The maximum absolute atomic E-state index is 13.8. The van der Waals surface area contributed by atoms with Gasteiger partial charge in [0, 0.05) is 21.4 Å². The molecule has 6 rings (SSSR count). The monoisotopic (exact) mass is 741 g/mol. The molecule has 0 aliphatic carbocycles. The minimum absolute atomic E-state index is 0.116. The summed E-state index contributed by atoms with van der Waals surface area (Å²) < 4.78 is 23.9. The molecular formula is C35H33Cl2N3O7S2. The Hall–Kier alpha value is -3.97. The van der Waals surface area contributed by atoms with E-state index >= 15 is 0 Å². The molecule has 1 amide bonds. The number of hydrogen-bond acceptors (Lipinski definition) is 11. The predicted octanol–water partition coefficient (Wildman–Crippen LogP) is 8.36. The van der Waals surface area contributed by atoms with Crippen LogP contribution in [0.2, 0.25) is 10.0 Å². The van der Waals surface area contributed by atoms with Crippen LogP contribution in [0.15, 0.2) is 64.5 Å². The van der Waals surface area contributed by atoms with E-state index in [2.05, 4.69) is 24.0 Å². The van der Waals surface area contributed by atoms with Gasteiger partial charge in [0.25, 0.3) is 5.78 Å². The number of nitrogens with zero attached hydrogens (tertiary/aromatic N) is 3. The van der Waals surface area contributed by atoms with Crippen LogP contribution < -0.4 is 23.8 Å². The summed E-state index contributed by atoms with van der Waals surface area (Å²) in [5.41, 5.74) is 1.54. The highest BCUT2D eigenvalue weighted by Crippen LogP contribution is 2.46. The highest BCUT2D eigenvalue weighted by molar-refractivity contribution is 8.00. The highest BCUT2D eigenvalue weighted by Gasteiger charge is 2.48. The molecule has 3 heterocycles. The molecule has 10 nitrogen and oxygen atoms in total. The van der Waals surface area contributed by atoms with Gasteiger partial charge in [-0.25, -0.2) is 0 Å². The number of ether oxygens (including phenoxy) is 4. The maximum Gasteiger partial charge on any atom is 0.301 e. The van der Waals surface area contributed by atoms with Crippen molar-refractivity contribution < 1.29 is 33.6 Å². The number of halogens is 2. The number of fused-ring (bicyclic) bond motifs is 1. The van der Waals surface area contributed by atoms with E-state index in [-0.39, 0.29) is 16.5 Å². The lowest BCUT2D eigenvalue weighted by molar-refractivity contribution is -0.132. The Bertz CT molecular complexity index is 1920. The van der Waals surface area contributed by atoms with Crippen LogP contribution >= 0.6 is 46.3 Å². The van der Waals surface area contributed by atoms with Crippen molar-refractivity contribution in [2.24, 2.45) is 5.92 Å². The molecule has 0 bridgehead atoms. The summed E-state index contributed by atoms with van der Waals surface area (Å²) >= 11 is 14.9. The number of anilines is 1. The number of ketones is 1. The molecule has 0 saturated carbocycles. The second-order valence-electron chi connectivity index (χ2n) is 11.6. The van der Waals surface area contributed by atoms with Crippen molar-refractivity contribution >= 4 is 68.9 Å². The van der Waals surface area contributed by atoms with Gasteiger partial charge in [0.2, 0.25) is 5.13 Å². The molecule has 0 unspecified atom stereocenters. The highest BCUT2D eigenvalue weighted by atomic mass is 35.5. The van der Waals surface area contributed by atoms with E-state index < -0.39 is 17.7 Å². The standard InChI is InChI=1S/C35H33Cl2N3O7S2/c1-4-44-27-15-20(6-9-25(27)45-12-11-19(2)3)30-29(31(41)21-7-10-26-28(16-21)47-14-13-46-26)32(42)33(43)40(30)34-38-39-35(49-34)48-18-22-5-8-23(36)17-24(22)37/h5-10,15-17,19,30,41H,4,11-14,18H2,1-3H3/b31-29+/t30-/m0/s1. The first-order chi connectivity index (χ1) is 23.6. The van der Waals surface area contributed by atoms with Gasteiger partial charge in [-0.1, -0.05) is 72.3 Å². The zero-order valence-corrected chi connectivity index (χ0v) is 30.0. The number of aliphatic hydroxyl groups is 1. The van der Waals surface area contributed by atoms with Crippen LogP contribution in [0.25, 0.3) is 5.76 Å². The van der Waals surface area contributed by atoms with Crippen molar-refractivity contribution in [1.82, 2.24) is 10.2 Å². The van der Waals surface area contributed by atoms with Gasteiger partial charge >= 0.3 is 5.91 Å². The first-order valence-electron chi connectivity index (χ1n) is 15.6. The molecule has 256 valence electrons. The van der Waals surface area contributed by atoms with Crippen LogP contribution in [0.4, 0.5) is 5.13 Å². The van der Waals surface area contributed by atoms with Crippen molar-refractivity contribution in [3.63, 3.8) is 0 Å². The Kier molecular flexibility index (Phi) is 10.9. The lowest BCUT2D eigenvalue weighted by atomic mass is 9.95. The fourth-order valence-corrected chi connectivity index (χ4v) is 7.74. The summed E-state index contributed by atoms with van der Waals surface area (Å²) in [4.78, 5) is 29.0. The third kappa shape index (κ3) is 7.62. The molecule has 1 aromatic heterocycles. The Morgan fingerprint density at radius 2 is 1.82 bits per heavy atom. The Labute approximate surface area is 301 Å². The van der Waals surface area contributed by atoms with Gasteiger partial charge in [-0.05, 0) is 72.9 Å². The largest absolute Gasteiger partial charge is 0.507 e. The number of thioether (sulfide) groups is 1. The van der Waals surface area contributed by atoms with Gasteiger partial charge in [0.1, 0.15) is 19.0 Å². The number of amides is 1. The van der Waals surface area contributed by atoms with Crippen LogP contribution in [-0.2, 0) is 15.3 Å². The molecule has 0 spiro atoms. The molecule has 1 fully saturated rings. The average Bonchev–Trinajstić information content (AvgIpc) is 3.65. The molecule has 49 heavy (non-hydrogen) atoms. The first kappa shape index (κ1) is 34.9. The minimum Gasteiger partial charge on any atom is -0.507 e. The molecule has 14 heteroatoms. The summed E-state index contributed by atoms with van der Waals surface area (Å²) in [6.45, 7) is 7.68. The normalized spacial score (nSPS) is 16.8. The SMILES string of the molecule is CCOc1cc([C@H]2/C(=C(\O)c3ccc4c(c3)OCCO4)C(=O)C(=O)N2c2nnc(SCc3ccc(Cl)cc3Cl)s2)ccc1OCCC(C)C. The molecule has 0 radical (unpaired) electrons. The quantitative estimate of drug-likeness (QED) is 0.0499. The number of benzene rings is 3. The van der Waals surface area contributed by atoms with Gasteiger partial charge in [0.05, 0.1) is 24.8 Å². The van der Waals surface area contributed by atoms with Gasteiger partial charge < -0.3 is 24.1 Å². The van der Waals surface area contributed by atoms with Crippen molar-refractivity contribution in [3.05, 3.63) is 86.9 Å². The molecular weight excluding hydrogens is 709 g/mol. The van der Waals surface area contributed by atoms with Gasteiger partial charge in [0.15, 0.2) is 27.3 Å². The second kappa shape index (κ2) is 15.3. The van der Waals surface area contributed by atoms with Crippen molar-refractivity contribution in [2.75, 3.05) is 31.3 Å². The van der Waals surface area contributed by atoms with E-state index in [0.717, 1.165) is 23.3 Å². The van der Waals surface area contributed by atoms with E-state index in [4.69, 9.17) is 42.1 Å². The van der Waals surface area contributed by atoms with Crippen LogP contribution in [0.5, 0.6) is 23.0 Å². The molecule has 1 saturated heterocycles. The van der Waals surface area contributed by atoms with Crippen molar-refractivity contribution in [1.29, 1.82) is 0 Å². The lowest BCUT2D eigenvalue weighted by Crippen LogP contribution is -2.29. The number of rotatable bonds is 12. The molecule has 1 N–H and O–H groups in total. The van der Waals surface area contributed by atoms with Crippen LogP contribution in [0, 0.1) is 5.92 Å². The topological polar surface area (TPSA) is 120 Å². The van der Waals surface area contributed by atoms with Gasteiger partial charge in [-0.15, -0.1) is 10.2 Å². The van der Waals surface area contributed by atoms with Crippen LogP contribution in [-0.4, -0.2) is 53.4 Å². The Morgan fingerprint density at radius 1 is 1.02 bits per heavy atom. The number of aromatic nitrogens is 2. The van der Waals surface area contributed by atoms with E-state index in [0.29, 0.717) is 86.6 Å². The third-order valence-electron chi connectivity index (χ3n) is 7.76. The predicted molar refractivity (Wildman–Crippen MR) is 191 cm³/mol. The fourth-order valence-electron chi connectivity index (χ4n) is 5.31. The van der Waals surface area contributed by atoms with E-state index in [1.54, 1.807) is 48.5 Å². The number of carbonyl (C=O) groups excluding carboxylic acids is 2. The molecule has 3 aromatic carbocycles. The van der Waals surface area contributed by atoms with Crippen molar-refractivity contribution in [3.8, 4) is 23.0 Å². The summed E-state index contributed by atoms with van der Waals surface area (Å²) in [7, 11) is 0. The lowest BCUT2D eigenvalue weighted by Gasteiger charge is -2.24. The minimum atomic E-state index is -1.06. The zero-order valence-electron chi connectivity index (χ0n) is 26.9. The zero-order chi connectivity index (χ0) is 34.7. The maximum atomic E-state index is 13.8. The molecule has 1 atom stereocenters. The summed E-state index contributed by atoms with van der Waals surface area (Å²) in [5, 5.41) is 21.6. The van der Waals surface area contributed by atoms with E-state index in [1.165, 1.54) is 16.7 Å². The smallest absolute Gasteiger partial charge is 0.301 e. The molecule has 2 aliphatic heterocycles. The number of Topliss-reactive ketones (excluding diaryl/α,β-unsaturated/α-hetero) is 1. The molecule has 4 aromatic rings. The first-order valence-corrected chi connectivity index (χ1v) is 18.2. The summed E-state index contributed by atoms with van der Waals surface area (Å²) in [6.07, 6.45) is 0.852. The number of carbonyl (C=O) groups is 2. The fraction of sp³-hybridized carbons (Fsp3) is 0.314. The Morgan fingerprint density at radius 3 is 2.57 bits per heavy atom. The van der Waals surface area contributed by atoms with Crippen molar-refractivity contribution in [2.45, 2.75) is 43.3 Å². The van der Waals surface area contributed by atoms with Gasteiger partial charge in [-0.3, -0.25) is 14.5 Å². The van der Waals surface area contributed by atoms with Crippen LogP contribution in [0.3, 0.4) is 0 Å². The molecule has 2 aliphatic rings. The third-order valence-corrected chi connectivity index (χ3v) is 10.5. The number of hydrogen-bond donors (Lipinski definition) is 1. The second-order valence-corrected chi connectivity index (χ2v) is 14.6. The summed E-state index contributed by atoms with van der Waals surface area (Å²) in [5.74, 6) is 0.766. The number of aliphatic hydroxyl groups excluding tert-OH is 1. The summed E-state index contributed by atoms with van der Waals surface area (Å²) in [6, 6.07) is 14.3. The average molecular weight is 743 g/mol. The van der Waals surface area contributed by atoms with Crippen LogP contribution in [0.1, 0.15) is 49.9 Å². The van der Waals surface area contributed by atoms with E-state index in [9.17, 15) is 14.7 Å².